The molecule has 1 fully saturated rings. The summed E-state index contributed by atoms with van der Waals surface area (Å²) in [6, 6.07) is 0. The lowest BCUT2D eigenvalue weighted by Crippen LogP contribution is -2.33. The molecule has 1 aromatic heterocycles. The summed E-state index contributed by atoms with van der Waals surface area (Å²) in [5.74, 6) is 1.26. The molecule has 0 saturated carbocycles. The molecule has 1 aliphatic rings. The first-order valence-electron chi connectivity index (χ1n) is 6.33. The number of nitro groups is 1. The molecule has 0 spiro atoms. The summed E-state index contributed by atoms with van der Waals surface area (Å²) in [7, 11) is 0. The van der Waals surface area contributed by atoms with Crippen molar-refractivity contribution < 1.29 is 4.92 Å². The lowest BCUT2D eigenvalue weighted by molar-refractivity contribution is -0.385. The number of rotatable bonds is 4. The van der Waals surface area contributed by atoms with Crippen molar-refractivity contribution in [2.45, 2.75) is 19.8 Å². The number of aromatic nitrogens is 1. The van der Waals surface area contributed by atoms with E-state index in [-0.39, 0.29) is 5.69 Å². The van der Waals surface area contributed by atoms with E-state index in [4.69, 9.17) is 0 Å². The number of piperidine rings is 1. The molecule has 0 amide bonds. The van der Waals surface area contributed by atoms with Gasteiger partial charge >= 0.3 is 0 Å². The molecule has 2 rings (SSSR count). The highest BCUT2D eigenvalue weighted by molar-refractivity contribution is 9.10. The van der Waals surface area contributed by atoms with Crippen molar-refractivity contribution >= 4 is 27.4 Å². The molecule has 104 valence electrons. The van der Waals surface area contributed by atoms with Gasteiger partial charge in [0.05, 0.1) is 9.40 Å². The minimum absolute atomic E-state index is 0.0387. The number of pyridine rings is 1. The van der Waals surface area contributed by atoms with E-state index in [1.807, 2.05) is 0 Å². The van der Waals surface area contributed by atoms with E-state index < -0.39 is 4.92 Å². The normalized spacial score (nSPS) is 19.2. The van der Waals surface area contributed by atoms with Crippen molar-refractivity contribution in [1.82, 2.24) is 10.3 Å². The van der Waals surface area contributed by atoms with Gasteiger partial charge in [-0.1, -0.05) is 0 Å². The second kappa shape index (κ2) is 6.29. The topological polar surface area (TPSA) is 80.1 Å². The van der Waals surface area contributed by atoms with Gasteiger partial charge in [0.25, 0.3) is 5.69 Å². The highest BCUT2D eigenvalue weighted by Crippen LogP contribution is 2.30. The zero-order chi connectivity index (χ0) is 13.8. The maximum Gasteiger partial charge on any atom is 0.291 e. The minimum atomic E-state index is -0.415. The molecule has 6 nitrogen and oxygen atoms in total. The van der Waals surface area contributed by atoms with E-state index in [0.717, 1.165) is 19.6 Å². The second-order valence-electron chi connectivity index (χ2n) is 4.78. The van der Waals surface area contributed by atoms with Crippen molar-refractivity contribution in [2.24, 2.45) is 5.92 Å². The van der Waals surface area contributed by atoms with E-state index in [9.17, 15) is 10.1 Å². The van der Waals surface area contributed by atoms with Crippen LogP contribution in [0.3, 0.4) is 0 Å². The Labute approximate surface area is 120 Å². The fraction of sp³-hybridized carbons (Fsp3) is 0.583. The summed E-state index contributed by atoms with van der Waals surface area (Å²) in [6.07, 6.45) is 3.70. The molecule has 1 unspecified atom stereocenters. The molecule has 2 N–H and O–H groups in total. The highest BCUT2D eigenvalue weighted by atomic mass is 79.9. The molecule has 1 saturated heterocycles. The molecule has 0 aliphatic carbocycles. The lowest BCUT2D eigenvalue weighted by Gasteiger charge is -2.23. The van der Waals surface area contributed by atoms with Crippen molar-refractivity contribution in [3.63, 3.8) is 0 Å². The lowest BCUT2D eigenvalue weighted by atomic mass is 10.00. The fourth-order valence-electron chi connectivity index (χ4n) is 2.22. The number of nitrogens with zero attached hydrogens (tertiary/aromatic N) is 2. The van der Waals surface area contributed by atoms with Crippen molar-refractivity contribution in [3.05, 3.63) is 26.3 Å². The van der Waals surface area contributed by atoms with Crippen LogP contribution in [0.2, 0.25) is 0 Å². The number of halogens is 1. The number of hydrogen-bond donors (Lipinski definition) is 2. The summed E-state index contributed by atoms with van der Waals surface area (Å²) in [5, 5.41) is 17.4. The summed E-state index contributed by atoms with van der Waals surface area (Å²) in [5.41, 5.74) is 0.640. The van der Waals surface area contributed by atoms with Gasteiger partial charge in [-0.15, -0.1) is 0 Å². The van der Waals surface area contributed by atoms with Gasteiger partial charge in [-0.05, 0) is 54.7 Å². The molecule has 1 atom stereocenters. The molecule has 0 aromatic carbocycles. The van der Waals surface area contributed by atoms with Crippen LogP contribution in [0.15, 0.2) is 10.7 Å². The predicted molar refractivity (Wildman–Crippen MR) is 77.4 cm³/mol. The maximum atomic E-state index is 10.8. The molecule has 1 aromatic rings. The van der Waals surface area contributed by atoms with Crippen LogP contribution in [0.25, 0.3) is 0 Å². The van der Waals surface area contributed by atoms with Crippen molar-refractivity contribution in [3.8, 4) is 0 Å². The zero-order valence-electron chi connectivity index (χ0n) is 10.8. The van der Waals surface area contributed by atoms with Crippen LogP contribution in [-0.4, -0.2) is 29.5 Å². The van der Waals surface area contributed by atoms with Crippen LogP contribution in [0.4, 0.5) is 11.5 Å². The Hall–Kier alpha value is -1.21. The summed E-state index contributed by atoms with van der Waals surface area (Å²) in [6.45, 7) is 4.65. The van der Waals surface area contributed by atoms with Gasteiger partial charge in [0.1, 0.15) is 12.0 Å². The largest absolute Gasteiger partial charge is 0.369 e. The first kappa shape index (κ1) is 14.2. The van der Waals surface area contributed by atoms with Crippen LogP contribution in [-0.2, 0) is 0 Å². The molecule has 7 heteroatoms. The second-order valence-corrected chi connectivity index (χ2v) is 5.57. The van der Waals surface area contributed by atoms with Crippen LogP contribution in [0.5, 0.6) is 0 Å². The van der Waals surface area contributed by atoms with Crippen LogP contribution >= 0.6 is 15.9 Å². The van der Waals surface area contributed by atoms with Crippen LogP contribution in [0.1, 0.15) is 18.4 Å². The van der Waals surface area contributed by atoms with Crippen LogP contribution < -0.4 is 10.6 Å². The summed E-state index contributed by atoms with van der Waals surface area (Å²) < 4.78 is 0.672. The molecule has 19 heavy (non-hydrogen) atoms. The van der Waals surface area contributed by atoms with Crippen molar-refractivity contribution in [1.29, 1.82) is 0 Å². The predicted octanol–water partition coefficient (Wildman–Crippen LogP) is 2.47. The monoisotopic (exact) mass is 328 g/mol. The molecule has 0 bridgehead atoms. The highest BCUT2D eigenvalue weighted by Gasteiger charge is 2.18. The third-order valence-corrected chi connectivity index (χ3v) is 4.36. The average molecular weight is 329 g/mol. The number of anilines is 1. The molecular formula is C12H17BrN4O2. The fourth-order valence-corrected chi connectivity index (χ4v) is 2.66. The van der Waals surface area contributed by atoms with Gasteiger partial charge < -0.3 is 10.6 Å². The van der Waals surface area contributed by atoms with E-state index in [0.29, 0.717) is 21.8 Å². The van der Waals surface area contributed by atoms with E-state index in [1.165, 1.54) is 19.0 Å². The van der Waals surface area contributed by atoms with Gasteiger partial charge in [0.2, 0.25) is 0 Å². The van der Waals surface area contributed by atoms with E-state index in [2.05, 4.69) is 31.5 Å². The average Bonchev–Trinajstić information content (AvgIpc) is 2.41. The van der Waals surface area contributed by atoms with Gasteiger partial charge in [-0.25, -0.2) is 4.98 Å². The quantitative estimate of drug-likeness (QED) is 0.655. The molecular weight excluding hydrogens is 312 g/mol. The molecule has 1 aliphatic heterocycles. The van der Waals surface area contributed by atoms with E-state index >= 15 is 0 Å². The number of hydrogen-bond acceptors (Lipinski definition) is 5. The Bertz CT molecular complexity index is 475. The smallest absolute Gasteiger partial charge is 0.291 e. The standard InChI is InChI=1S/C12H17BrN4O2/c1-8-10(17(18)19)7-16-12(11(8)13)15-6-9-3-2-4-14-5-9/h7,9,14H,2-6H2,1H3,(H,15,16). The first-order chi connectivity index (χ1) is 9.09. The Morgan fingerprint density at radius 2 is 2.47 bits per heavy atom. The Balaban J connectivity index is 2.04. The number of nitrogens with one attached hydrogen (secondary N) is 2. The molecule has 0 radical (unpaired) electrons. The first-order valence-corrected chi connectivity index (χ1v) is 7.13. The van der Waals surface area contributed by atoms with Crippen LogP contribution in [0, 0.1) is 23.0 Å². The summed E-state index contributed by atoms with van der Waals surface area (Å²) in [4.78, 5) is 14.5. The Morgan fingerprint density at radius 3 is 3.11 bits per heavy atom. The van der Waals surface area contributed by atoms with E-state index in [1.54, 1.807) is 6.92 Å². The van der Waals surface area contributed by atoms with Gasteiger partial charge in [0.15, 0.2) is 0 Å². The third-order valence-electron chi connectivity index (χ3n) is 3.39. The van der Waals surface area contributed by atoms with Gasteiger partial charge in [-0.2, -0.15) is 0 Å². The third kappa shape index (κ3) is 3.42. The van der Waals surface area contributed by atoms with Crippen molar-refractivity contribution in [2.75, 3.05) is 25.0 Å². The Morgan fingerprint density at radius 1 is 1.68 bits per heavy atom. The molecule has 2 heterocycles. The van der Waals surface area contributed by atoms with Gasteiger partial charge in [0, 0.05) is 12.1 Å². The maximum absolute atomic E-state index is 10.8. The Kier molecular flexibility index (Phi) is 4.71. The minimum Gasteiger partial charge on any atom is -0.369 e. The zero-order valence-corrected chi connectivity index (χ0v) is 12.4. The summed E-state index contributed by atoms with van der Waals surface area (Å²) >= 11 is 3.38. The van der Waals surface area contributed by atoms with Gasteiger partial charge in [-0.3, -0.25) is 10.1 Å². The SMILES string of the molecule is Cc1c([N+](=O)[O-])cnc(NCC2CCCNC2)c1Br.